The van der Waals surface area contributed by atoms with Crippen LogP contribution in [0.3, 0.4) is 0 Å². The van der Waals surface area contributed by atoms with Crippen LogP contribution in [0, 0.1) is 0 Å². The Morgan fingerprint density at radius 2 is 0.714 bits per heavy atom. The number of hydrogen-bond donors (Lipinski definition) is 0. The lowest BCUT2D eigenvalue weighted by atomic mass is 9.87. The second kappa shape index (κ2) is 10.5. The molecule has 0 radical (unpaired) electrons. The molecule has 0 bridgehead atoms. The van der Waals surface area contributed by atoms with Crippen LogP contribution in [0.15, 0.2) is 12.7 Å². The molecule has 0 spiro atoms. The molecule has 0 amide bonds. The minimum atomic E-state index is -8.58. The second-order valence-corrected chi connectivity index (χ2v) is 7.60. The van der Waals surface area contributed by atoms with Gasteiger partial charge in [-0.2, -0.15) is 74.6 Å². The van der Waals surface area contributed by atoms with Gasteiger partial charge in [-0.1, -0.05) is 31.8 Å². The third kappa shape index (κ3) is 5.77. The van der Waals surface area contributed by atoms with E-state index in [1.807, 2.05) is 0 Å². The van der Waals surface area contributed by atoms with Crippen LogP contribution in [0.25, 0.3) is 0 Å². The third-order valence-electron chi connectivity index (χ3n) is 4.94. The van der Waals surface area contributed by atoms with Crippen LogP contribution in [-0.4, -0.2) is 47.6 Å². The fraction of sp³-hybridized carbons (Fsp3) is 0.889. The SMILES string of the molecule is C=CCCCCCCCCC(F)(F)C(F)(F)C(F)(F)C(F)(F)C(F)(F)C(F)(F)C(F)(F)C(F)(F)F. The quantitative estimate of drug-likeness (QED) is 0.107. The van der Waals surface area contributed by atoms with E-state index >= 15 is 0 Å². The normalized spacial score (nSPS) is 15.5. The number of unbranched alkanes of at least 4 members (excludes halogenated alkanes) is 6. The van der Waals surface area contributed by atoms with Crippen LogP contribution in [0.4, 0.5) is 74.6 Å². The zero-order valence-corrected chi connectivity index (χ0v) is 17.4. The van der Waals surface area contributed by atoms with Crippen molar-refractivity contribution in [3.8, 4) is 0 Å². The van der Waals surface area contributed by atoms with E-state index < -0.39 is 60.5 Å². The van der Waals surface area contributed by atoms with E-state index in [-0.39, 0.29) is 12.8 Å². The molecule has 0 atom stereocenters. The Bertz CT molecular complexity index is 690. The molecule has 0 aromatic rings. The Labute approximate surface area is 187 Å². The van der Waals surface area contributed by atoms with Gasteiger partial charge in [0.2, 0.25) is 0 Å². The van der Waals surface area contributed by atoms with E-state index in [0.717, 1.165) is 0 Å². The van der Waals surface area contributed by atoms with Crippen LogP contribution < -0.4 is 0 Å². The van der Waals surface area contributed by atoms with E-state index in [9.17, 15) is 74.6 Å². The highest BCUT2D eigenvalue weighted by atomic mass is 19.4. The highest BCUT2D eigenvalue weighted by molar-refractivity contribution is 5.15. The first-order chi connectivity index (χ1) is 15.3. The maximum Gasteiger partial charge on any atom is 0.460 e. The Morgan fingerprint density at radius 3 is 1.09 bits per heavy atom. The van der Waals surface area contributed by atoms with Crippen molar-refractivity contribution in [3.05, 3.63) is 12.7 Å². The fourth-order valence-corrected chi connectivity index (χ4v) is 2.70. The van der Waals surface area contributed by atoms with E-state index in [1.165, 1.54) is 0 Å². The molecule has 0 aliphatic heterocycles. The maximum atomic E-state index is 13.7. The van der Waals surface area contributed by atoms with Crippen molar-refractivity contribution >= 4 is 0 Å². The molecule has 0 aliphatic rings. The molecule has 0 saturated carbocycles. The van der Waals surface area contributed by atoms with Crippen molar-refractivity contribution in [1.29, 1.82) is 0 Å². The lowest BCUT2D eigenvalue weighted by molar-refractivity contribution is -0.461. The number of alkyl halides is 17. The summed E-state index contributed by atoms with van der Waals surface area (Å²) in [5.41, 5.74) is 0. The zero-order valence-electron chi connectivity index (χ0n) is 17.4. The van der Waals surface area contributed by atoms with Crippen LogP contribution in [0.5, 0.6) is 0 Å². The first-order valence-corrected chi connectivity index (χ1v) is 9.63. The molecule has 0 heterocycles. The van der Waals surface area contributed by atoms with Crippen molar-refractivity contribution in [3.63, 3.8) is 0 Å². The standard InChI is InChI=1S/C18H19F17/c1-2-3-4-5-6-7-8-9-10-11(19,20)12(21,22)13(23,24)14(25,26)15(27,28)16(29,30)17(31,32)18(33,34)35/h2H,1,3-10H2. The summed E-state index contributed by atoms with van der Waals surface area (Å²) < 4.78 is 223. The zero-order chi connectivity index (χ0) is 28.4. The summed E-state index contributed by atoms with van der Waals surface area (Å²) in [6.07, 6.45) is -7.91. The van der Waals surface area contributed by atoms with Gasteiger partial charge in [-0.25, -0.2) is 0 Å². The predicted molar refractivity (Wildman–Crippen MR) is 87.8 cm³/mol. The summed E-state index contributed by atoms with van der Waals surface area (Å²) in [5, 5.41) is 0. The Kier molecular flexibility index (Phi) is 10.1. The van der Waals surface area contributed by atoms with Crippen molar-refractivity contribution in [2.75, 3.05) is 0 Å². The van der Waals surface area contributed by atoms with Crippen LogP contribution in [0.1, 0.15) is 51.4 Å². The lowest BCUT2D eigenvalue weighted by Gasteiger charge is -2.42. The molecule has 0 fully saturated rings. The molecule has 0 nitrogen and oxygen atoms in total. The summed E-state index contributed by atoms with van der Waals surface area (Å²) in [4.78, 5) is 0. The van der Waals surface area contributed by atoms with Gasteiger partial charge >= 0.3 is 47.6 Å². The fourth-order valence-electron chi connectivity index (χ4n) is 2.70. The van der Waals surface area contributed by atoms with Gasteiger partial charge in [0.15, 0.2) is 0 Å². The van der Waals surface area contributed by atoms with Gasteiger partial charge in [-0.15, -0.1) is 6.58 Å². The van der Waals surface area contributed by atoms with Gasteiger partial charge in [-0.05, 0) is 19.3 Å². The third-order valence-corrected chi connectivity index (χ3v) is 4.94. The molecule has 17 heteroatoms. The lowest BCUT2D eigenvalue weighted by Crippen LogP contribution is -2.74. The number of allylic oxidation sites excluding steroid dienone is 1. The van der Waals surface area contributed by atoms with E-state index in [4.69, 9.17) is 0 Å². The van der Waals surface area contributed by atoms with Gasteiger partial charge in [0.25, 0.3) is 0 Å². The number of rotatable bonds is 15. The molecule has 35 heavy (non-hydrogen) atoms. The van der Waals surface area contributed by atoms with Gasteiger partial charge in [0.05, 0.1) is 0 Å². The molecule has 0 rings (SSSR count). The van der Waals surface area contributed by atoms with Crippen LogP contribution in [-0.2, 0) is 0 Å². The largest absolute Gasteiger partial charge is 0.460 e. The summed E-state index contributed by atoms with van der Waals surface area (Å²) in [7, 11) is 0. The average Bonchev–Trinajstić information content (AvgIpc) is 2.68. The second-order valence-electron chi connectivity index (χ2n) is 7.60. The van der Waals surface area contributed by atoms with Crippen molar-refractivity contribution in [2.24, 2.45) is 0 Å². The topological polar surface area (TPSA) is 0 Å². The van der Waals surface area contributed by atoms with Gasteiger partial charge in [0, 0.05) is 6.42 Å². The van der Waals surface area contributed by atoms with E-state index in [0.29, 0.717) is 25.7 Å². The molecule has 0 N–H and O–H groups in total. The molecule has 0 unspecified atom stereocenters. The number of hydrogen-bond acceptors (Lipinski definition) is 0. The van der Waals surface area contributed by atoms with Gasteiger partial charge in [-0.3, -0.25) is 0 Å². The molecule has 0 saturated heterocycles. The maximum absolute atomic E-state index is 13.7. The average molecular weight is 558 g/mol. The van der Waals surface area contributed by atoms with Crippen molar-refractivity contribution < 1.29 is 74.6 Å². The van der Waals surface area contributed by atoms with E-state index in [2.05, 4.69) is 6.58 Å². The molecular weight excluding hydrogens is 539 g/mol. The van der Waals surface area contributed by atoms with Crippen LogP contribution >= 0.6 is 0 Å². The monoisotopic (exact) mass is 558 g/mol. The number of halogens is 17. The van der Waals surface area contributed by atoms with Gasteiger partial charge in [0.1, 0.15) is 0 Å². The summed E-state index contributed by atoms with van der Waals surface area (Å²) in [6, 6.07) is 0. The first kappa shape index (κ1) is 33.5. The summed E-state index contributed by atoms with van der Waals surface area (Å²) in [6.45, 7) is 3.40. The van der Waals surface area contributed by atoms with Gasteiger partial charge < -0.3 is 0 Å². The van der Waals surface area contributed by atoms with Crippen molar-refractivity contribution in [1.82, 2.24) is 0 Å². The molecule has 0 aromatic heterocycles. The Balaban J connectivity index is 5.86. The minimum absolute atomic E-state index is 0.0577. The smallest absolute Gasteiger partial charge is 0.200 e. The summed E-state index contributed by atoms with van der Waals surface area (Å²) in [5.74, 6) is -55.7. The highest BCUT2D eigenvalue weighted by Crippen LogP contribution is 2.64. The first-order valence-electron chi connectivity index (χ1n) is 9.63. The highest BCUT2D eigenvalue weighted by Gasteiger charge is 2.95. The van der Waals surface area contributed by atoms with Crippen molar-refractivity contribution in [2.45, 2.75) is 99.0 Å². The Hall–Kier alpha value is -1.45. The van der Waals surface area contributed by atoms with E-state index in [1.54, 1.807) is 6.08 Å². The summed E-state index contributed by atoms with van der Waals surface area (Å²) >= 11 is 0. The molecule has 210 valence electrons. The Morgan fingerprint density at radius 1 is 0.400 bits per heavy atom. The van der Waals surface area contributed by atoms with Crippen LogP contribution in [0.2, 0.25) is 0 Å². The minimum Gasteiger partial charge on any atom is -0.200 e. The molecular formula is C18H19F17. The molecule has 0 aliphatic carbocycles. The molecule has 0 aromatic carbocycles. The predicted octanol–water partition coefficient (Wildman–Crippen LogP) is 9.30.